The predicted molar refractivity (Wildman–Crippen MR) is 87.7 cm³/mol. The van der Waals surface area contributed by atoms with Crippen LogP contribution in [0.15, 0.2) is 53.0 Å². The Bertz CT molecular complexity index is 665. The van der Waals surface area contributed by atoms with Crippen LogP contribution in [0, 0.1) is 0 Å². The highest BCUT2D eigenvalue weighted by Crippen LogP contribution is 2.14. The number of rotatable bonds is 4. The number of amides is 1. The van der Waals surface area contributed by atoms with E-state index in [2.05, 4.69) is 20.7 Å². The third-order valence-electron chi connectivity index (χ3n) is 3.23. The van der Waals surface area contributed by atoms with Gasteiger partial charge in [-0.05, 0) is 42.0 Å². The van der Waals surface area contributed by atoms with E-state index < -0.39 is 5.97 Å². The molecule has 0 aromatic heterocycles. The lowest BCUT2D eigenvalue weighted by molar-refractivity contribution is 0.0600. The predicted octanol–water partition coefficient (Wildman–Crippen LogP) is 3.51. The van der Waals surface area contributed by atoms with Crippen molar-refractivity contribution < 1.29 is 14.3 Å². The maximum atomic E-state index is 12.4. The number of methoxy groups -OCH3 is 1. The van der Waals surface area contributed by atoms with Gasteiger partial charge in [0.1, 0.15) is 0 Å². The van der Waals surface area contributed by atoms with Gasteiger partial charge in [-0.15, -0.1) is 0 Å². The number of carbonyl (C=O) groups is 2. The molecule has 0 heterocycles. The minimum atomic E-state index is -0.415. The highest BCUT2D eigenvalue weighted by molar-refractivity contribution is 9.10. The lowest BCUT2D eigenvalue weighted by atomic mass is 10.1. The standard InChI is InChI=1S/C17H16BrNO3/c1-19(11-12-3-9-15(18)10-4-12)16(20)13-5-7-14(8-6-13)17(21)22-2/h3-10H,11H2,1-2H3. The van der Waals surface area contributed by atoms with Crippen LogP contribution in [-0.2, 0) is 11.3 Å². The SMILES string of the molecule is COC(=O)c1ccc(C(=O)N(C)Cc2ccc(Br)cc2)cc1. The smallest absolute Gasteiger partial charge is 0.337 e. The Kier molecular flexibility index (Phi) is 5.33. The second kappa shape index (κ2) is 7.22. The maximum Gasteiger partial charge on any atom is 0.337 e. The van der Waals surface area contributed by atoms with Crippen molar-refractivity contribution in [2.45, 2.75) is 6.54 Å². The summed E-state index contributed by atoms with van der Waals surface area (Å²) in [5.74, 6) is -0.512. The Hall–Kier alpha value is -2.14. The first kappa shape index (κ1) is 16.2. The molecule has 22 heavy (non-hydrogen) atoms. The number of carbonyl (C=O) groups excluding carboxylic acids is 2. The van der Waals surface area contributed by atoms with Crippen LogP contribution in [0.1, 0.15) is 26.3 Å². The topological polar surface area (TPSA) is 46.6 Å². The van der Waals surface area contributed by atoms with Crippen LogP contribution in [0.4, 0.5) is 0 Å². The van der Waals surface area contributed by atoms with Crippen LogP contribution in [0.5, 0.6) is 0 Å². The Balaban J connectivity index is 2.06. The number of ether oxygens (including phenoxy) is 1. The molecule has 5 heteroatoms. The second-order valence-electron chi connectivity index (χ2n) is 4.86. The summed E-state index contributed by atoms with van der Waals surface area (Å²) >= 11 is 3.38. The molecule has 0 unspecified atom stereocenters. The van der Waals surface area contributed by atoms with Crippen LogP contribution in [0.3, 0.4) is 0 Å². The van der Waals surface area contributed by atoms with Crippen molar-refractivity contribution in [3.63, 3.8) is 0 Å². The van der Waals surface area contributed by atoms with Crippen LogP contribution in [0.25, 0.3) is 0 Å². The number of halogens is 1. The van der Waals surface area contributed by atoms with Crippen molar-refractivity contribution in [1.29, 1.82) is 0 Å². The minimum Gasteiger partial charge on any atom is -0.465 e. The van der Waals surface area contributed by atoms with Crippen LogP contribution in [0.2, 0.25) is 0 Å². The Morgan fingerprint density at radius 2 is 1.55 bits per heavy atom. The second-order valence-corrected chi connectivity index (χ2v) is 5.77. The van der Waals surface area contributed by atoms with E-state index in [1.165, 1.54) is 7.11 Å². The molecule has 2 aromatic carbocycles. The van der Waals surface area contributed by atoms with Crippen molar-refractivity contribution in [2.24, 2.45) is 0 Å². The molecule has 0 radical (unpaired) electrons. The summed E-state index contributed by atoms with van der Waals surface area (Å²) in [4.78, 5) is 25.4. The molecule has 0 aliphatic rings. The van der Waals surface area contributed by atoms with Crippen molar-refractivity contribution in [2.75, 3.05) is 14.2 Å². The monoisotopic (exact) mass is 361 g/mol. The Morgan fingerprint density at radius 3 is 2.09 bits per heavy atom. The van der Waals surface area contributed by atoms with E-state index >= 15 is 0 Å². The van der Waals surface area contributed by atoms with E-state index in [1.54, 1.807) is 36.2 Å². The van der Waals surface area contributed by atoms with Crippen LogP contribution < -0.4 is 0 Å². The van der Waals surface area contributed by atoms with Crippen LogP contribution >= 0.6 is 15.9 Å². The summed E-state index contributed by atoms with van der Waals surface area (Å²) in [5, 5.41) is 0. The van der Waals surface area contributed by atoms with Crippen molar-refractivity contribution >= 4 is 27.8 Å². The molecule has 0 saturated heterocycles. The van der Waals surface area contributed by atoms with Gasteiger partial charge in [-0.3, -0.25) is 4.79 Å². The average Bonchev–Trinajstić information content (AvgIpc) is 2.55. The maximum absolute atomic E-state index is 12.4. The molecule has 0 aliphatic carbocycles. The zero-order valence-corrected chi connectivity index (χ0v) is 14.0. The van der Waals surface area contributed by atoms with Gasteiger partial charge >= 0.3 is 5.97 Å². The van der Waals surface area contributed by atoms with Gasteiger partial charge in [-0.1, -0.05) is 28.1 Å². The number of hydrogen-bond acceptors (Lipinski definition) is 3. The number of benzene rings is 2. The molecular formula is C17H16BrNO3. The van der Waals surface area contributed by atoms with Gasteiger partial charge in [0.05, 0.1) is 12.7 Å². The minimum absolute atomic E-state index is 0.0978. The van der Waals surface area contributed by atoms with Crippen molar-refractivity contribution in [3.8, 4) is 0 Å². The first-order valence-electron chi connectivity index (χ1n) is 6.69. The lowest BCUT2D eigenvalue weighted by Crippen LogP contribution is -2.26. The van der Waals surface area contributed by atoms with Gasteiger partial charge in [-0.25, -0.2) is 4.79 Å². The fourth-order valence-corrected chi connectivity index (χ4v) is 2.29. The first-order chi connectivity index (χ1) is 10.5. The summed E-state index contributed by atoms with van der Waals surface area (Å²) in [6, 6.07) is 14.3. The van der Waals surface area contributed by atoms with Gasteiger partial charge in [0.2, 0.25) is 0 Å². The third-order valence-corrected chi connectivity index (χ3v) is 3.76. The number of nitrogens with zero attached hydrogens (tertiary/aromatic N) is 1. The quantitative estimate of drug-likeness (QED) is 0.782. The summed E-state index contributed by atoms with van der Waals surface area (Å²) < 4.78 is 5.64. The summed E-state index contributed by atoms with van der Waals surface area (Å²) in [6.45, 7) is 0.519. The number of hydrogen-bond donors (Lipinski definition) is 0. The molecule has 0 atom stereocenters. The fourth-order valence-electron chi connectivity index (χ4n) is 2.02. The highest BCUT2D eigenvalue weighted by Gasteiger charge is 2.13. The zero-order chi connectivity index (χ0) is 16.1. The van der Waals surface area contributed by atoms with Gasteiger partial charge in [0, 0.05) is 23.6 Å². The van der Waals surface area contributed by atoms with E-state index in [-0.39, 0.29) is 5.91 Å². The molecule has 2 aromatic rings. The molecule has 1 amide bonds. The van der Waals surface area contributed by atoms with E-state index in [4.69, 9.17) is 0 Å². The van der Waals surface area contributed by atoms with Gasteiger partial charge in [0.25, 0.3) is 5.91 Å². The van der Waals surface area contributed by atoms with Gasteiger partial charge in [-0.2, -0.15) is 0 Å². The molecule has 0 bridgehead atoms. The summed E-state index contributed by atoms with van der Waals surface area (Å²) in [7, 11) is 3.08. The van der Waals surface area contributed by atoms with Crippen LogP contribution in [-0.4, -0.2) is 30.9 Å². The fraction of sp³-hybridized carbons (Fsp3) is 0.176. The van der Waals surface area contributed by atoms with E-state index in [9.17, 15) is 9.59 Å². The Labute approximate surface area is 137 Å². The molecule has 2 rings (SSSR count). The molecule has 4 nitrogen and oxygen atoms in total. The van der Waals surface area contributed by atoms with Crippen molar-refractivity contribution in [1.82, 2.24) is 4.90 Å². The summed E-state index contributed by atoms with van der Waals surface area (Å²) in [5.41, 5.74) is 2.01. The van der Waals surface area contributed by atoms with E-state index in [0.29, 0.717) is 17.7 Å². The number of esters is 1. The largest absolute Gasteiger partial charge is 0.465 e. The van der Waals surface area contributed by atoms with Crippen molar-refractivity contribution in [3.05, 3.63) is 69.7 Å². The Morgan fingerprint density at radius 1 is 1.00 bits per heavy atom. The average molecular weight is 362 g/mol. The van der Waals surface area contributed by atoms with E-state index in [1.807, 2.05) is 24.3 Å². The molecule has 0 N–H and O–H groups in total. The molecular weight excluding hydrogens is 346 g/mol. The van der Waals surface area contributed by atoms with E-state index in [0.717, 1.165) is 10.0 Å². The third kappa shape index (κ3) is 3.95. The summed E-state index contributed by atoms with van der Waals surface area (Å²) in [6.07, 6.45) is 0. The molecule has 0 fully saturated rings. The zero-order valence-electron chi connectivity index (χ0n) is 12.4. The lowest BCUT2D eigenvalue weighted by Gasteiger charge is -2.17. The van der Waals surface area contributed by atoms with Gasteiger partial charge in [0.15, 0.2) is 0 Å². The highest BCUT2D eigenvalue weighted by atomic mass is 79.9. The molecule has 0 aliphatic heterocycles. The first-order valence-corrected chi connectivity index (χ1v) is 7.49. The molecule has 0 spiro atoms. The molecule has 114 valence electrons. The molecule has 0 saturated carbocycles. The normalized spacial score (nSPS) is 10.1. The van der Waals surface area contributed by atoms with Gasteiger partial charge < -0.3 is 9.64 Å².